The molecule has 1 aromatic heterocycles. The molecule has 7 heteroatoms. The number of hydrogen-bond acceptors (Lipinski definition) is 4. The molecule has 18 heavy (non-hydrogen) atoms. The fourth-order valence-electron chi connectivity index (χ4n) is 1.60. The maximum absolute atomic E-state index is 12.1. The zero-order chi connectivity index (χ0) is 13.7. The number of halogens is 1. The number of carbonyl (C=O) groups is 2. The fraction of sp³-hybridized carbons (Fsp3) is 0.455. The number of carbonyl (C=O) groups excluding carboxylic acids is 1. The third-order valence-corrected chi connectivity index (χ3v) is 2.66. The third-order valence-electron chi connectivity index (χ3n) is 2.45. The highest BCUT2D eigenvalue weighted by atomic mass is 35.5. The molecule has 1 rings (SSSR count). The van der Waals surface area contributed by atoms with Crippen LogP contribution in [-0.2, 0) is 4.79 Å². The topological polar surface area (TPSA) is 83.4 Å². The van der Waals surface area contributed by atoms with Crippen molar-refractivity contribution in [2.75, 3.05) is 6.54 Å². The van der Waals surface area contributed by atoms with Crippen molar-refractivity contribution in [3.63, 3.8) is 0 Å². The van der Waals surface area contributed by atoms with Crippen LogP contribution in [0.3, 0.4) is 0 Å². The molecule has 1 amide bonds. The Morgan fingerprint density at radius 1 is 1.44 bits per heavy atom. The highest BCUT2D eigenvalue weighted by molar-refractivity contribution is 6.29. The van der Waals surface area contributed by atoms with Gasteiger partial charge in [0.2, 0.25) is 0 Å². The van der Waals surface area contributed by atoms with Gasteiger partial charge in [0.05, 0.1) is 6.42 Å². The number of carboxylic acid groups (broad SMARTS) is 1. The van der Waals surface area contributed by atoms with Crippen molar-refractivity contribution in [2.24, 2.45) is 0 Å². The summed E-state index contributed by atoms with van der Waals surface area (Å²) in [5.74, 6) is -1.30. The summed E-state index contributed by atoms with van der Waals surface area (Å²) in [6.45, 7) is 3.86. The summed E-state index contributed by atoms with van der Waals surface area (Å²) in [6, 6.07) is 2.53. The molecular formula is C11H14ClN3O3. The Kier molecular flexibility index (Phi) is 5.03. The van der Waals surface area contributed by atoms with Crippen LogP contribution in [0.25, 0.3) is 0 Å². The molecule has 0 spiro atoms. The smallest absolute Gasteiger partial charge is 0.305 e. The van der Waals surface area contributed by atoms with Crippen LogP contribution in [0.15, 0.2) is 12.1 Å². The molecule has 0 radical (unpaired) electrons. The summed E-state index contributed by atoms with van der Waals surface area (Å²) in [7, 11) is 0. The zero-order valence-electron chi connectivity index (χ0n) is 10.1. The molecule has 1 heterocycles. The Morgan fingerprint density at radius 2 is 2.11 bits per heavy atom. The minimum Gasteiger partial charge on any atom is -0.481 e. The largest absolute Gasteiger partial charge is 0.481 e. The Labute approximate surface area is 110 Å². The average molecular weight is 272 g/mol. The monoisotopic (exact) mass is 271 g/mol. The molecule has 1 N–H and O–H groups in total. The summed E-state index contributed by atoms with van der Waals surface area (Å²) in [5.41, 5.74) is 0.151. The van der Waals surface area contributed by atoms with Gasteiger partial charge in [-0.15, -0.1) is 10.2 Å². The number of carboxylic acids is 1. The maximum atomic E-state index is 12.1. The van der Waals surface area contributed by atoms with E-state index < -0.39 is 12.0 Å². The van der Waals surface area contributed by atoms with Gasteiger partial charge < -0.3 is 10.0 Å². The van der Waals surface area contributed by atoms with Gasteiger partial charge in [-0.1, -0.05) is 11.6 Å². The van der Waals surface area contributed by atoms with Crippen molar-refractivity contribution in [3.05, 3.63) is 23.0 Å². The van der Waals surface area contributed by atoms with Crippen molar-refractivity contribution in [1.82, 2.24) is 15.1 Å². The number of rotatable bonds is 5. The highest BCUT2D eigenvalue weighted by Crippen LogP contribution is 2.10. The van der Waals surface area contributed by atoms with Gasteiger partial charge in [0.1, 0.15) is 0 Å². The minimum atomic E-state index is -0.948. The highest BCUT2D eigenvalue weighted by Gasteiger charge is 2.23. The Bertz CT molecular complexity index is 436. The van der Waals surface area contributed by atoms with E-state index in [0.717, 1.165) is 0 Å². The van der Waals surface area contributed by atoms with Crippen LogP contribution in [0.2, 0.25) is 5.15 Å². The first kappa shape index (κ1) is 14.4. The standard InChI is InChI=1S/C11H14ClN3O3/c1-3-15(7(2)6-10(16)17)11(18)8-4-5-9(12)14-13-8/h4-5,7H,3,6H2,1-2H3,(H,16,17). The van der Waals surface area contributed by atoms with Crippen molar-refractivity contribution in [3.8, 4) is 0 Å². The Balaban J connectivity index is 2.85. The van der Waals surface area contributed by atoms with Crippen molar-refractivity contribution in [2.45, 2.75) is 26.3 Å². The lowest BCUT2D eigenvalue weighted by Crippen LogP contribution is -2.40. The van der Waals surface area contributed by atoms with Crippen LogP contribution < -0.4 is 0 Å². The van der Waals surface area contributed by atoms with Crippen LogP contribution in [0, 0.1) is 0 Å². The van der Waals surface area contributed by atoms with E-state index in [9.17, 15) is 9.59 Å². The van der Waals surface area contributed by atoms with E-state index >= 15 is 0 Å². The van der Waals surface area contributed by atoms with E-state index in [4.69, 9.17) is 16.7 Å². The SMILES string of the molecule is CCN(C(=O)c1ccc(Cl)nn1)C(C)CC(=O)O. The van der Waals surface area contributed by atoms with Gasteiger partial charge in [-0.3, -0.25) is 9.59 Å². The number of amides is 1. The number of aliphatic carboxylic acids is 1. The quantitative estimate of drug-likeness (QED) is 0.876. The minimum absolute atomic E-state index is 0.111. The van der Waals surface area contributed by atoms with Gasteiger partial charge in [-0.2, -0.15) is 0 Å². The van der Waals surface area contributed by atoms with Crippen LogP contribution in [-0.4, -0.2) is 44.7 Å². The normalized spacial score (nSPS) is 11.9. The number of nitrogens with zero attached hydrogens (tertiary/aromatic N) is 3. The Morgan fingerprint density at radius 3 is 2.56 bits per heavy atom. The average Bonchev–Trinajstić information content (AvgIpc) is 2.29. The zero-order valence-corrected chi connectivity index (χ0v) is 10.9. The molecule has 0 saturated heterocycles. The van der Waals surface area contributed by atoms with Gasteiger partial charge in [-0.25, -0.2) is 0 Å². The van der Waals surface area contributed by atoms with Gasteiger partial charge >= 0.3 is 5.97 Å². The third kappa shape index (κ3) is 3.66. The Hall–Kier alpha value is -1.69. The molecular weight excluding hydrogens is 258 g/mol. The fourth-order valence-corrected chi connectivity index (χ4v) is 1.70. The lowest BCUT2D eigenvalue weighted by atomic mass is 10.2. The molecule has 0 aliphatic rings. The molecule has 0 aliphatic carbocycles. The lowest BCUT2D eigenvalue weighted by molar-refractivity contribution is -0.138. The summed E-state index contributed by atoms with van der Waals surface area (Å²) in [6.07, 6.45) is -0.111. The van der Waals surface area contributed by atoms with Crippen molar-refractivity contribution >= 4 is 23.5 Å². The second-order valence-corrected chi connectivity index (χ2v) is 4.17. The molecule has 0 saturated carbocycles. The molecule has 0 fully saturated rings. The van der Waals surface area contributed by atoms with E-state index in [1.165, 1.54) is 17.0 Å². The summed E-state index contributed by atoms with van der Waals surface area (Å²) < 4.78 is 0. The van der Waals surface area contributed by atoms with E-state index in [0.29, 0.717) is 6.54 Å². The maximum Gasteiger partial charge on any atom is 0.305 e. The molecule has 1 atom stereocenters. The number of hydrogen-bond donors (Lipinski definition) is 1. The van der Waals surface area contributed by atoms with E-state index in [1.807, 2.05) is 0 Å². The van der Waals surface area contributed by atoms with E-state index in [2.05, 4.69) is 10.2 Å². The van der Waals surface area contributed by atoms with Crippen LogP contribution in [0.4, 0.5) is 0 Å². The molecule has 6 nitrogen and oxygen atoms in total. The summed E-state index contributed by atoms with van der Waals surface area (Å²) in [4.78, 5) is 24.2. The summed E-state index contributed by atoms with van der Waals surface area (Å²) in [5, 5.41) is 16.2. The second-order valence-electron chi connectivity index (χ2n) is 3.78. The lowest BCUT2D eigenvalue weighted by Gasteiger charge is -2.26. The van der Waals surface area contributed by atoms with E-state index in [1.54, 1.807) is 13.8 Å². The van der Waals surface area contributed by atoms with Crippen molar-refractivity contribution in [1.29, 1.82) is 0 Å². The van der Waals surface area contributed by atoms with Gasteiger partial charge in [-0.05, 0) is 26.0 Å². The molecule has 0 aliphatic heterocycles. The first-order chi connectivity index (χ1) is 8.45. The first-order valence-electron chi connectivity index (χ1n) is 5.47. The second kappa shape index (κ2) is 6.30. The molecule has 0 bridgehead atoms. The molecule has 1 unspecified atom stereocenters. The van der Waals surface area contributed by atoms with Crippen molar-refractivity contribution < 1.29 is 14.7 Å². The van der Waals surface area contributed by atoms with Gasteiger partial charge in [0, 0.05) is 12.6 Å². The molecule has 98 valence electrons. The van der Waals surface area contributed by atoms with Gasteiger partial charge in [0.25, 0.3) is 5.91 Å². The van der Waals surface area contributed by atoms with Crippen LogP contribution in [0.5, 0.6) is 0 Å². The van der Waals surface area contributed by atoms with Gasteiger partial charge in [0.15, 0.2) is 10.8 Å². The first-order valence-corrected chi connectivity index (χ1v) is 5.85. The summed E-state index contributed by atoms with van der Waals surface area (Å²) >= 11 is 5.58. The molecule has 1 aromatic rings. The van der Waals surface area contributed by atoms with Crippen LogP contribution in [0.1, 0.15) is 30.8 Å². The molecule has 0 aromatic carbocycles. The number of aromatic nitrogens is 2. The van der Waals surface area contributed by atoms with Crippen LogP contribution >= 0.6 is 11.6 Å². The van der Waals surface area contributed by atoms with E-state index in [-0.39, 0.29) is 23.2 Å². The predicted molar refractivity (Wildman–Crippen MR) is 65.5 cm³/mol. The predicted octanol–water partition coefficient (Wildman–Crippen LogP) is 1.46.